The van der Waals surface area contributed by atoms with Crippen LogP contribution in [0.5, 0.6) is 0 Å². The summed E-state index contributed by atoms with van der Waals surface area (Å²) in [6, 6.07) is 1.02. The fourth-order valence-electron chi connectivity index (χ4n) is 2.78. The second-order valence-corrected chi connectivity index (χ2v) is 5.58. The minimum Gasteiger partial charge on any atom is -0.381 e. The molecule has 0 saturated heterocycles. The first-order chi connectivity index (χ1) is 8.74. The van der Waals surface area contributed by atoms with Gasteiger partial charge in [-0.1, -0.05) is 6.92 Å². The number of rotatable bonds is 5. The van der Waals surface area contributed by atoms with E-state index in [0.29, 0.717) is 18.2 Å². The van der Waals surface area contributed by atoms with E-state index < -0.39 is 0 Å². The molecule has 0 aromatic heterocycles. The maximum atomic E-state index is 12.2. The van der Waals surface area contributed by atoms with Gasteiger partial charge < -0.3 is 15.0 Å². The summed E-state index contributed by atoms with van der Waals surface area (Å²) in [6.07, 6.45) is 8.04. The van der Waals surface area contributed by atoms with Crippen molar-refractivity contribution in [2.45, 2.75) is 70.1 Å². The molecule has 2 aliphatic carbocycles. The van der Waals surface area contributed by atoms with Gasteiger partial charge in [0.2, 0.25) is 0 Å². The van der Waals surface area contributed by atoms with Gasteiger partial charge in [0.25, 0.3) is 0 Å². The Morgan fingerprint density at radius 2 is 1.89 bits per heavy atom. The number of ether oxygens (including phenoxy) is 1. The van der Waals surface area contributed by atoms with Crippen LogP contribution in [0, 0.1) is 0 Å². The Hall–Kier alpha value is -0.770. The number of amides is 2. The average molecular weight is 254 g/mol. The minimum atomic E-state index is 0.153. The van der Waals surface area contributed by atoms with Gasteiger partial charge in [0, 0.05) is 25.7 Å². The SMILES string of the molecule is CCCN(C(=O)NC1CCC(OC)CC1)C1CC1. The molecular formula is C14H26N2O2. The molecule has 4 heteroatoms. The van der Waals surface area contributed by atoms with Crippen LogP contribution >= 0.6 is 0 Å². The molecule has 0 spiro atoms. The Balaban J connectivity index is 1.76. The van der Waals surface area contributed by atoms with Gasteiger partial charge in [-0.3, -0.25) is 0 Å². The Kier molecular flexibility index (Phi) is 4.87. The summed E-state index contributed by atoms with van der Waals surface area (Å²) in [6.45, 7) is 3.02. The van der Waals surface area contributed by atoms with E-state index in [-0.39, 0.29) is 6.03 Å². The Labute approximate surface area is 110 Å². The molecule has 1 N–H and O–H groups in total. The van der Waals surface area contributed by atoms with Crippen molar-refractivity contribution in [1.82, 2.24) is 10.2 Å². The summed E-state index contributed by atoms with van der Waals surface area (Å²) < 4.78 is 5.36. The summed E-state index contributed by atoms with van der Waals surface area (Å²) in [5.74, 6) is 0. The highest BCUT2D eigenvalue weighted by Gasteiger charge is 2.33. The highest BCUT2D eigenvalue weighted by Crippen LogP contribution is 2.27. The van der Waals surface area contributed by atoms with Gasteiger partial charge in [-0.05, 0) is 44.9 Å². The van der Waals surface area contributed by atoms with Crippen molar-refractivity contribution in [3.8, 4) is 0 Å². The van der Waals surface area contributed by atoms with Gasteiger partial charge in [-0.2, -0.15) is 0 Å². The van der Waals surface area contributed by atoms with E-state index in [1.165, 1.54) is 12.8 Å². The van der Waals surface area contributed by atoms with E-state index in [0.717, 1.165) is 38.6 Å². The lowest BCUT2D eigenvalue weighted by molar-refractivity contribution is 0.0626. The molecule has 18 heavy (non-hydrogen) atoms. The molecule has 2 amide bonds. The summed E-state index contributed by atoms with van der Waals surface area (Å²) in [4.78, 5) is 14.2. The second-order valence-electron chi connectivity index (χ2n) is 5.58. The molecule has 2 rings (SSSR count). The number of nitrogens with zero attached hydrogens (tertiary/aromatic N) is 1. The van der Waals surface area contributed by atoms with Gasteiger partial charge in [-0.15, -0.1) is 0 Å². The number of urea groups is 1. The molecule has 0 bridgehead atoms. The lowest BCUT2D eigenvalue weighted by Crippen LogP contribution is -2.47. The lowest BCUT2D eigenvalue weighted by Gasteiger charge is -2.31. The molecule has 2 aliphatic rings. The summed E-state index contributed by atoms with van der Waals surface area (Å²) >= 11 is 0. The first-order valence-corrected chi connectivity index (χ1v) is 7.34. The van der Waals surface area contributed by atoms with Crippen LogP contribution in [0.25, 0.3) is 0 Å². The largest absolute Gasteiger partial charge is 0.381 e. The molecule has 0 aromatic carbocycles. The highest BCUT2D eigenvalue weighted by atomic mass is 16.5. The Morgan fingerprint density at radius 1 is 1.22 bits per heavy atom. The molecule has 0 unspecified atom stereocenters. The van der Waals surface area contributed by atoms with Crippen molar-refractivity contribution in [3.63, 3.8) is 0 Å². The average Bonchev–Trinajstić information content (AvgIpc) is 3.21. The highest BCUT2D eigenvalue weighted by molar-refractivity contribution is 5.75. The van der Waals surface area contributed by atoms with Crippen LogP contribution in [0.3, 0.4) is 0 Å². The molecule has 0 aliphatic heterocycles. The van der Waals surface area contributed by atoms with Gasteiger partial charge in [0.15, 0.2) is 0 Å². The third-order valence-corrected chi connectivity index (χ3v) is 4.05. The van der Waals surface area contributed by atoms with Crippen LogP contribution in [-0.4, -0.2) is 42.8 Å². The van der Waals surface area contributed by atoms with Crippen LogP contribution in [0.4, 0.5) is 4.79 Å². The van der Waals surface area contributed by atoms with Crippen LogP contribution in [0.1, 0.15) is 51.9 Å². The molecule has 2 saturated carbocycles. The number of methoxy groups -OCH3 is 1. The minimum absolute atomic E-state index is 0.153. The van der Waals surface area contributed by atoms with Gasteiger partial charge in [-0.25, -0.2) is 4.79 Å². The van der Waals surface area contributed by atoms with Gasteiger partial charge in [0.05, 0.1) is 6.10 Å². The predicted octanol–water partition coefficient (Wildman–Crippen LogP) is 2.53. The van der Waals surface area contributed by atoms with Gasteiger partial charge >= 0.3 is 6.03 Å². The third-order valence-electron chi connectivity index (χ3n) is 4.05. The molecule has 4 nitrogen and oxygen atoms in total. The molecule has 2 fully saturated rings. The van der Waals surface area contributed by atoms with Gasteiger partial charge in [0.1, 0.15) is 0 Å². The quantitative estimate of drug-likeness (QED) is 0.819. The van der Waals surface area contributed by atoms with Crippen molar-refractivity contribution >= 4 is 6.03 Å². The number of carbonyl (C=O) groups is 1. The van der Waals surface area contributed by atoms with E-state index in [2.05, 4.69) is 12.2 Å². The maximum Gasteiger partial charge on any atom is 0.317 e. The Bertz CT molecular complexity index is 271. The smallest absolute Gasteiger partial charge is 0.317 e. The fourth-order valence-corrected chi connectivity index (χ4v) is 2.78. The van der Waals surface area contributed by atoms with Crippen LogP contribution < -0.4 is 5.32 Å². The normalized spacial score (nSPS) is 27.9. The molecule has 0 radical (unpaired) electrons. The van der Waals surface area contributed by atoms with Crippen molar-refractivity contribution in [1.29, 1.82) is 0 Å². The maximum absolute atomic E-state index is 12.2. The van der Waals surface area contributed by atoms with Crippen LogP contribution in [0.15, 0.2) is 0 Å². The van der Waals surface area contributed by atoms with Crippen LogP contribution in [0.2, 0.25) is 0 Å². The molecule has 0 atom stereocenters. The molecule has 0 heterocycles. The number of hydrogen-bond acceptors (Lipinski definition) is 2. The number of hydrogen-bond donors (Lipinski definition) is 1. The van der Waals surface area contributed by atoms with Crippen molar-refractivity contribution in [2.24, 2.45) is 0 Å². The zero-order chi connectivity index (χ0) is 13.0. The zero-order valence-corrected chi connectivity index (χ0v) is 11.7. The third kappa shape index (κ3) is 3.61. The summed E-state index contributed by atoms with van der Waals surface area (Å²) in [5, 5.41) is 3.20. The lowest BCUT2D eigenvalue weighted by atomic mass is 9.93. The standard InChI is InChI=1S/C14H26N2O2/c1-3-10-16(12-6-7-12)14(17)15-11-4-8-13(18-2)9-5-11/h11-13H,3-10H2,1-2H3,(H,15,17). The van der Waals surface area contributed by atoms with E-state index in [1.54, 1.807) is 7.11 Å². The van der Waals surface area contributed by atoms with Crippen molar-refractivity contribution < 1.29 is 9.53 Å². The number of carbonyl (C=O) groups excluding carboxylic acids is 1. The summed E-state index contributed by atoms with van der Waals surface area (Å²) in [5.41, 5.74) is 0. The zero-order valence-electron chi connectivity index (χ0n) is 11.7. The van der Waals surface area contributed by atoms with Crippen molar-refractivity contribution in [3.05, 3.63) is 0 Å². The molecule has 0 aromatic rings. The van der Waals surface area contributed by atoms with Crippen molar-refractivity contribution in [2.75, 3.05) is 13.7 Å². The van der Waals surface area contributed by atoms with E-state index in [1.807, 2.05) is 4.90 Å². The monoisotopic (exact) mass is 254 g/mol. The first-order valence-electron chi connectivity index (χ1n) is 7.34. The van der Waals surface area contributed by atoms with E-state index >= 15 is 0 Å². The first kappa shape index (κ1) is 13.7. The Morgan fingerprint density at radius 3 is 2.39 bits per heavy atom. The molecular weight excluding hydrogens is 228 g/mol. The van der Waals surface area contributed by atoms with Crippen LogP contribution in [-0.2, 0) is 4.74 Å². The fraction of sp³-hybridized carbons (Fsp3) is 0.929. The van der Waals surface area contributed by atoms with E-state index in [4.69, 9.17) is 4.74 Å². The predicted molar refractivity (Wildman–Crippen MR) is 71.6 cm³/mol. The topological polar surface area (TPSA) is 41.6 Å². The summed E-state index contributed by atoms with van der Waals surface area (Å²) in [7, 11) is 1.78. The molecule has 104 valence electrons. The van der Waals surface area contributed by atoms with E-state index in [9.17, 15) is 4.79 Å². The second kappa shape index (κ2) is 6.41. The number of nitrogens with one attached hydrogen (secondary N) is 1.